The number of carbonyl (C=O) groups excluding carboxylic acids is 1. The zero-order chi connectivity index (χ0) is 22.5. The number of rotatable bonds is 7. The highest BCUT2D eigenvalue weighted by Crippen LogP contribution is 2.31. The molecule has 32 heavy (non-hydrogen) atoms. The van der Waals surface area contributed by atoms with Gasteiger partial charge in [-0.1, -0.05) is 41.0 Å². The van der Waals surface area contributed by atoms with Crippen LogP contribution in [0.2, 0.25) is 5.02 Å². The lowest BCUT2D eigenvalue weighted by atomic mass is 9.96. The Bertz CT molecular complexity index is 1050. The topological polar surface area (TPSA) is 67.6 Å². The lowest BCUT2D eigenvalue weighted by molar-refractivity contribution is 0.0602. The van der Waals surface area contributed by atoms with Crippen LogP contribution in [0.3, 0.4) is 0 Å². The number of piperidine rings is 1. The Kier molecular flexibility index (Phi) is 7.07. The summed E-state index contributed by atoms with van der Waals surface area (Å²) in [5.74, 6) is 0.0360. The van der Waals surface area contributed by atoms with Crippen LogP contribution in [0.25, 0.3) is 11.3 Å². The molecule has 0 atom stereocenters. The number of benzene rings is 2. The van der Waals surface area contributed by atoms with E-state index >= 15 is 0 Å². The third-order valence-electron chi connectivity index (χ3n) is 5.78. The number of aromatic nitrogens is 1. The molecule has 1 saturated heterocycles. The third kappa shape index (κ3) is 5.29. The lowest BCUT2D eigenvalue weighted by Gasteiger charge is -2.32. The number of nitrogens with zero attached hydrogens (tertiary/aromatic N) is 2. The molecule has 4 rings (SSSR count). The molecule has 1 N–H and O–H groups in total. The van der Waals surface area contributed by atoms with Gasteiger partial charge >= 0.3 is 5.97 Å². The number of esters is 1. The van der Waals surface area contributed by atoms with Gasteiger partial charge in [0.1, 0.15) is 11.5 Å². The van der Waals surface area contributed by atoms with Gasteiger partial charge in [0.25, 0.3) is 0 Å². The SMILES string of the molecule is COC(=O)c1c(-c2ccc(Cl)cc2)noc1NCC1CCN(Cc2ccc(F)cc2)CC1. The second-order valence-electron chi connectivity index (χ2n) is 7.96. The van der Waals surface area contributed by atoms with Crippen molar-refractivity contribution in [3.63, 3.8) is 0 Å². The summed E-state index contributed by atoms with van der Waals surface area (Å²) in [6.45, 7) is 3.41. The van der Waals surface area contributed by atoms with E-state index in [0.717, 1.165) is 43.6 Å². The van der Waals surface area contributed by atoms with E-state index in [4.69, 9.17) is 20.9 Å². The van der Waals surface area contributed by atoms with Crippen LogP contribution in [0.15, 0.2) is 53.1 Å². The van der Waals surface area contributed by atoms with E-state index in [1.54, 1.807) is 24.3 Å². The van der Waals surface area contributed by atoms with Gasteiger partial charge in [0.2, 0.25) is 5.88 Å². The number of hydrogen-bond donors (Lipinski definition) is 1. The van der Waals surface area contributed by atoms with Crippen LogP contribution < -0.4 is 5.32 Å². The maximum Gasteiger partial charge on any atom is 0.345 e. The number of carbonyl (C=O) groups is 1. The van der Waals surface area contributed by atoms with Crippen molar-refractivity contribution in [3.05, 3.63) is 70.5 Å². The molecule has 1 aliphatic rings. The molecule has 8 heteroatoms. The van der Waals surface area contributed by atoms with E-state index in [2.05, 4.69) is 15.4 Å². The van der Waals surface area contributed by atoms with Gasteiger partial charge in [-0.25, -0.2) is 9.18 Å². The summed E-state index contributed by atoms with van der Waals surface area (Å²) in [4.78, 5) is 14.8. The summed E-state index contributed by atoms with van der Waals surface area (Å²) >= 11 is 5.97. The second kappa shape index (κ2) is 10.1. The van der Waals surface area contributed by atoms with Crippen molar-refractivity contribution in [1.82, 2.24) is 10.1 Å². The molecule has 6 nitrogen and oxygen atoms in total. The molecule has 1 aliphatic heterocycles. The number of ether oxygens (including phenoxy) is 1. The zero-order valence-corrected chi connectivity index (χ0v) is 18.6. The summed E-state index contributed by atoms with van der Waals surface area (Å²) in [5, 5.41) is 7.95. The van der Waals surface area contributed by atoms with Gasteiger partial charge in [0, 0.05) is 23.7 Å². The Labute approximate surface area is 191 Å². The van der Waals surface area contributed by atoms with Gasteiger partial charge in [-0.15, -0.1) is 0 Å². The maximum atomic E-state index is 13.1. The minimum Gasteiger partial charge on any atom is -0.465 e. The van der Waals surface area contributed by atoms with Crippen LogP contribution in [0, 0.1) is 11.7 Å². The minimum absolute atomic E-state index is 0.212. The largest absolute Gasteiger partial charge is 0.465 e. The molecular formula is C24H25ClFN3O3. The Morgan fingerprint density at radius 1 is 1.19 bits per heavy atom. The number of anilines is 1. The van der Waals surface area contributed by atoms with Gasteiger partial charge in [0.15, 0.2) is 5.56 Å². The van der Waals surface area contributed by atoms with Gasteiger partial charge < -0.3 is 14.6 Å². The van der Waals surface area contributed by atoms with Crippen LogP contribution in [-0.2, 0) is 11.3 Å². The summed E-state index contributed by atoms with van der Waals surface area (Å²) in [6, 6.07) is 13.7. The monoisotopic (exact) mass is 457 g/mol. The van der Waals surface area contributed by atoms with Gasteiger partial charge in [-0.2, -0.15) is 0 Å². The Balaban J connectivity index is 1.36. The average molecular weight is 458 g/mol. The first-order valence-corrected chi connectivity index (χ1v) is 11.0. The van der Waals surface area contributed by atoms with Crippen LogP contribution in [-0.4, -0.2) is 42.8 Å². The van der Waals surface area contributed by atoms with Crippen molar-refractivity contribution in [1.29, 1.82) is 0 Å². The minimum atomic E-state index is -0.507. The van der Waals surface area contributed by atoms with Gasteiger partial charge in [-0.05, 0) is 61.7 Å². The summed E-state index contributed by atoms with van der Waals surface area (Å²) in [5.41, 5.74) is 2.54. The maximum absolute atomic E-state index is 13.1. The second-order valence-corrected chi connectivity index (χ2v) is 8.40. The molecule has 0 spiro atoms. The van der Waals surface area contributed by atoms with Crippen LogP contribution in [0.1, 0.15) is 28.8 Å². The van der Waals surface area contributed by atoms with Crippen molar-refractivity contribution in [2.45, 2.75) is 19.4 Å². The molecule has 0 unspecified atom stereocenters. The lowest BCUT2D eigenvalue weighted by Crippen LogP contribution is -2.35. The van der Waals surface area contributed by atoms with Crippen molar-refractivity contribution < 1.29 is 18.4 Å². The first kappa shape index (κ1) is 22.3. The van der Waals surface area contributed by atoms with Gasteiger partial charge in [0.05, 0.1) is 7.11 Å². The first-order valence-electron chi connectivity index (χ1n) is 10.6. The standard InChI is InChI=1S/C24H25ClFN3O3/c1-31-24(30)21-22(18-4-6-19(25)7-5-18)28-32-23(21)27-14-16-10-12-29(13-11-16)15-17-2-8-20(26)9-3-17/h2-9,16,27H,10-15H2,1H3. The highest BCUT2D eigenvalue weighted by atomic mass is 35.5. The Morgan fingerprint density at radius 2 is 1.88 bits per heavy atom. The van der Waals surface area contributed by atoms with Crippen LogP contribution >= 0.6 is 11.6 Å². The van der Waals surface area contributed by atoms with E-state index < -0.39 is 5.97 Å². The van der Waals surface area contributed by atoms with E-state index in [-0.39, 0.29) is 11.4 Å². The van der Waals surface area contributed by atoms with Crippen molar-refractivity contribution in [2.24, 2.45) is 5.92 Å². The number of hydrogen-bond acceptors (Lipinski definition) is 6. The molecule has 1 fully saturated rings. The molecule has 0 bridgehead atoms. The molecule has 0 amide bonds. The molecule has 1 aromatic heterocycles. The third-order valence-corrected chi connectivity index (χ3v) is 6.03. The summed E-state index contributed by atoms with van der Waals surface area (Å²) in [6.07, 6.45) is 2.03. The molecule has 2 heterocycles. The fourth-order valence-corrected chi connectivity index (χ4v) is 4.07. The molecular weight excluding hydrogens is 433 g/mol. The Hall–Kier alpha value is -2.90. The number of likely N-dealkylation sites (tertiary alicyclic amines) is 1. The van der Waals surface area contributed by atoms with Crippen molar-refractivity contribution in [2.75, 3.05) is 32.1 Å². The normalized spacial score (nSPS) is 15.0. The number of halogens is 2. The number of nitrogens with one attached hydrogen (secondary N) is 1. The molecule has 0 saturated carbocycles. The fraction of sp³-hybridized carbons (Fsp3) is 0.333. The Morgan fingerprint density at radius 3 is 2.53 bits per heavy atom. The van der Waals surface area contributed by atoms with Crippen LogP contribution in [0.5, 0.6) is 0 Å². The predicted molar refractivity (Wildman–Crippen MR) is 121 cm³/mol. The molecule has 0 radical (unpaired) electrons. The average Bonchev–Trinajstić information content (AvgIpc) is 3.24. The molecule has 3 aromatic rings. The summed E-state index contributed by atoms with van der Waals surface area (Å²) < 4.78 is 23.5. The van der Waals surface area contributed by atoms with E-state index in [0.29, 0.717) is 29.1 Å². The fourth-order valence-electron chi connectivity index (χ4n) is 3.94. The quantitative estimate of drug-likeness (QED) is 0.489. The smallest absolute Gasteiger partial charge is 0.345 e. The summed E-state index contributed by atoms with van der Waals surface area (Å²) in [7, 11) is 1.33. The van der Waals surface area contributed by atoms with E-state index in [9.17, 15) is 9.18 Å². The molecule has 168 valence electrons. The van der Waals surface area contributed by atoms with Crippen molar-refractivity contribution >= 4 is 23.5 Å². The highest BCUT2D eigenvalue weighted by Gasteiger charge is 2.26. The number of methoxy groups -OCH3 is 1. The predicted octanol–water partition coefficient (Wildman–Crippen LogP) is 5.24. The van der Waals surface area contributed by atoms with Crippen molar-refractivity contribution in [3.8, 4) is 11.3 Å². The van der Waals surface area contributed by atoms with Gasteiger partial charge in [-0.3, -0.25) is 4.90 Å². The molecule has 0 aliphatic carbocycles. The van der Waals surface area contributed by atoms with Crippen LogP contribution in [0.4, 0.5) is 10.3 Å². The molecule has 2 aromatic carbocycles. The van der Waals surface area contributed by atoms with E-state index in [1.165, 1.54) is 19.2 Å². The highest BCUT2D eigenvalue weighted by molar-refractivity contribution is 6.30. The first-order chi connectivity index (χ1) is 15.5. The van der Waals surface area contributed by atoms with E-state index in [1.807, 2.05) is 12.1 Å². The zero-order valence-electron chi connectivity index (χ0n) is 17.8.